The fraction of sp³-hybridized carbons (Fsp3) is 0.909. The quantitative estimate of drug-likeness (QED) is 0.717. The average molecular weight is 198 g/mol. The summed E-state index contributed by atoms with van der Waals surface area (Å²) < 4.78 is 0. The van der Waals surface area contributed by atoms with E-state index in [1.54, 1.807) is 0 Å². The molecule has 0 spiro atoms. The molecule has 0 saturated heterocycles. The predicted molar refractivity (Wildman–Crippen MR) is 58.2 cm³/mol. The lowest BCUT2D eigenvalue weighted by Crippen LogP contribution is -2.40. The highest BCUT2D eigenvalue weighted by Crippen LogP contribution is 2.34. The molecule has 0 radical (unpaired) electrons. The van der Waals surface area contributed by atoms with Crippen molar-refractivity contribution in [1.29, 1.82) is 0 Å². The Bertz CT molecular complexity index is 214. The van der Waals surface area contributed by atoms with Gasteiger partial charge in [-0.05, 0) is 40.5 Å². The molecule has 1 aliphatic carbocycles. The van der Waals surface area contributed by atoms with Crippen LogP contribution in [0.3, 0.4) is 0 Å². The molecule has 82 valence electrons. The second-order valence-corrected chi connectivity index (χ2v) is 5.54. The lowest BCUT2D eigenvalue weighted by Gasteiger charge is -2.20. The Morgan fingerprint density at radius 1 is 1.36 bits per heavy atom. The molecular formula is C11H22N2O. The number of rotatable bonds is 4. The summed E-state index contributed by atoms with van der Waals surface area (Å²) in [4.78, 5) is 11.4. The molecule has 0 aliphatic heterocycles. The Morgan fingerprint density at radius 2 is 1.93 bits per heavy atom. The van der Waals surface area contributed by atoms with Crippen molar-refractivity contribution in [2.45, 2.75) is 58.0 Å². The molecule has 1 amide bonds. The Morgan fingerprint density at radius 3 is 2.36 bits per heavy atom. The molecule has 0 aromatic heterocycles. The van der Waals surface area contributed by atoms with Gasteiger partial charge < -0.3 is 10.6 Å². The standard InChI is InChI=1S/C11H22N2O/c1-10(2,3)12-8-5-9(14)13-11(4)6-7-11/h12H,5-8H2,1-4H3,(H,13,14). The van der Waals surface area contributed by atoms with Gasteiger partial charge in [-0.15, -0.1) is 0 Å². The Hall–Kier alpha value is -0.570. The first kappa shape index (κ1) is 11.5. The number of carbonyl (C=O) groups is 1. The van der Waals surface area contributed by atoms with Crippen LogP contribution < -0.4 is 10.6 Å². The summed E-state index contributed by atoms with van der Waals surface area (Å²) in [5.74, 6) is 0.168. The highest BCUT2D eigenvalue weighted by atomic mass is 16.1. The van der Waals surface area contributed by atoms with Crippen LogP contribution in [0.4, 0.5) is 0 Å². The van der Waals surface area contributed by atoms with Crippen LogP contribution in [0.25, 0.3) is 0 Å². The van der Waals surface area contributed by atoms with E-state index >= 15 is 0 Å². The second kappa shape index (κ2) is 3.89. The summed E-state index contributed by atoms with van der Waals surface area (Å²) in [6, 6.07) is 0. The number of amides is 1. The van der Waals surface area contributed by atoms with E-state index in [4.69, 9.17) is 0 Å². The van der Waals surface area contributed by atoms with Crippen LogP contribution in [0.5, 0.6) is 0 Å². The van der Waals surface area contributed by atoms with Crippen LogP contribution >= 0.6 is 0 Å². The van der Waals surface area contributed by atoms with E-state index in [9.17, 15) is 4.79 Å². The van der Waals surface area contributed by atoms with E-state index in [1.807, 2.05) is 0 Å². The lowest BCUT2D eigenvalue weighted by molar-refractivity contribution is -0.121. The summed E-state index contributed by atoms with van der Waals surface area (Å²) >= 11 is 0. The van der Waals surface area contributed by atoms with Gasteiger partial charge in [-0.3, -0.25) is 4.79 Å². The third-order valence-corrected chi connectivity index (χ3v) is 2.45. The second-order valence-electron chi connectivity index (χ2n) is 5.54. The molecule has 0 aromatic rings. The van der Waals surface area contributed by atoms with Gasteiger partial charge in [-0.2, -0.15) is 0 Å². The van der Waals surface area contributed by atoms with Crippen molar-refractivity contribution in [1.82, 2.24) is 10.6 Å². The molecule has 0 unspecified atom stereocenters. The zero-order valence-electron chi connectivity index (χ0n) is 9.74. The van der Waals surface area contributed by atoms with E-state index in [0.29, 0.717) is 6.42 Å². The van der Waals surface area contributed by atoms with E-state index in [0.717, 1.165) is 19.4 Å². The Labute approximate surface area is 86.6 Å². The van der Waals surface area contributed by atoms with Gasteiger partial charge in [-0.1, -0.05) is 0 Å². The molecule has 1 fully saturated rings. The van der Waals surface area contributed by atoms with Gasteiger partial charge in [0.05, 0.1) is 0 Å². The highest BCUT2D eigenvalue weighted by molar-refractivity contribution is 5.77. The first-order valence-corrected chi connectivity index (χ1v) is 5.37. The zero-order chi connectivity index (χ0) is 10.8. The van der Waals surface area contributed by atoms with Crippen molar-refractivity contribution in [3.05, 3.63) is 0 Å². The fourth-order valence-electron chi connectivity index (χ4n) is 1.26. The average Bonchev–Trinajstić information content (AvgIpc) is 2.64. The van der Waals surface area contributed by atoms with E-state index < -0.39 is 0 Å². The Kier molecular flexibility index (Phi) is 3.20. The maximum atomic E-state index is 11.4. The Balaban J connectivity index is 2.09. The molecule has 0 atom stereocenters. The first-order chi connectivity index (χ1) is 6.31. The number of nitrogens with one attached hydrogen (secondary N) is 2. The van der Waals surface area contributed by atoms with Gasteiger partial charge in [0.25, 0.3) is 0 Å². The van der Waals surface area contributed by atoms with Crippen molar-refractivity contribution >= 4 is 5.91 Å². The van der Waals surface area contributed by atoms with Crippen molar-refractivity contribution in [3.8, 4) is 0 Å². The molecule has 3 nitrogen and oxygen atoms in total. The van der Waals surface area contributed by atoms with Crippen LogP contribution in [0.2, 0.25) is 0 Å². The largest absolute Gasteiger partial charge is 0.351 e. The van der Waals surface area contributed by atoms with Crippen molar-refractivity contribution in [3.63, 3.8) is 0 Å². The normalized spacial score (nSPS) is 19.1. The summed E-state index contributed by atoms with van der Waals surface area (Å²) in [6.07, 6.45) is 2.84. The molecule has 1 saturated carbocycles. The number of hydrogen-bond acceptors (Lipinski definition) is 2. The van der Waals surface area contributed by atoms with Crippen LogP contribution in [-0.4, -0.2) is 23.5 Å². The van der Waals surface area contributed by atoms with Gasteiger partial charge in [0.15, 0.2) is 0 Å². The summed E-state index contributed by atoms with van der Waals surface area (Å²) in [6.45, 7) is 9.17. The molecule has 1 rings (SSSR count). The minimum atomic E-state index is 0.101. The zero-order valence-corrected chi connectivity index (χ0v) is 9.74. The minimum Gasteiger partial charge on any atom is -0.351 e. The van der Waals surface area contributed by atoms with Crippen LogP contribution in [0.15, 0.2) is 0 Å². The van der Waals surface area contributed by atoms with E-state index in [1.165, 1.54) is 0 Å². The molecule has 0 aromatic carbocycles. The van der Waals surface area contributed by atoms with Crippen molar-refractivity contribution in [2.75, 3.05) is 6.54 Å². The molecule has 14 heavy (non-hydrogen) atoms. The molecular weight excluding hydrogens is 176 g/mol. The SMILES string of the molecule is CC(C)(C)NCCC(=O)NC1(C)CC1. The smallest absolute Gasteiger partial charge is 0.221 e. The van der Waals surface area contributed by atoms with Gasteiger partial charge in [0, 0.05) is 24.0 Å². The maximum Gasteiger partial charge on any atom is 0.221 e. The third-order valence-electron chi connectivity index (χ3n) is 2.45. The maximum absolute atomic E-state index is 11.4. The molecule has 0 bridgehead atoms. The monoisotopic (exact) mass is 198 g/mol. The van der Waals surface area contributed by atoms with E-state index in [2.05, 4.69) is 38.3 Å². The highest BCUT2D eigenvalue weighted by Gasteiger charge is 2.38. The van der Waals surface area contributed by atoms with Gasteiger partial charge in [0.1, 0.15) is 0 Å². The lowest BCUT2D eigenvalue weighted by atomic mass is 10.1. The van der Waals surface area contributed by atoms with Gasteiger partial charge in [0.2, 0.25) is 5.91 Å². The number of carbonyl (C=O) groups excluding carboxylic acids is 1. The summed E-state index contributed by atoms with van der Waals surface area (Å²) in [7, 11) is 0. The molecule has 0 heterocycles. The van der Waals surface area contributed by atoms with Gasteiger partial charge in [-0.25, -0.2) is 0 Å². The summed E-state index contributed by atoms with van der Waals surface area (Å²) in [5.41, 5.74) is 0.225. The fourth-order valence-corrected chi connectivity index (χ4v) is 1.26. The van der Waals surface area contributed by atoms with Crippen LogP contribution in [0.1, 0.15) is 47.0 Å². The molecule has 2 N–H and O–H groups in total. The third kappa shape index (κ3) is 4.61. The first-order valence-electron chi connectivity index (χ1n) is 5.37. The molecule has 3 heteroatoms. The van der Waals surface area contributed by atoms with Crippen LogP contribution in [-0.2, 0) is 4.79 Å². The van der Waals surface area contributed by atoms with Crippen molar-refractivity contribution < 1.29 is 4.79 Å². The van der Waals surface area contributed by atoms with Crippen molar-refractivity contribution in [2.24, 2.45) is 0 Å². The minimum absolute atomic E-state index is 0.101. The topological polar surface area (TPSA) is 41.1 Å². The van der Waals surface area contributed by atoms with Gasteiger partial charge >= 0.3 is 0 Å². The molecule has 1 aliphatic rings. The predicted octanol–water partition coefficient (Wildman–Crippen LogP) is 1.43. The number of hydrogen-bond donors (Lipinski definition) is 2. The van der Waals surface area contributed by atoms with E-state index in [-0.39, 0.29) is 17.0 Å². The summed E-state index contributed by atoms with van der Waals surface area (Å²) in [5, 5.41) is 6.34. The van der Waals surface area contributed by atoms with Crippen LogP contribution in [0, 0.1) is 0 Å².